The molecule has 0 radical (unpaired) electrons. The normalized spacial score (nSPS) is 42.7. The van der Waals surface area contributed by atoms with Crippen molar-refractivity contribution in [1.29, 1.82) is 0 Å². The largest absolute Gasteiger partial charge is 0.507 e. The quantitative estimate of drug-likeness (QED) is 0.772. The van der Waals surface area contributed by atoms with Crippen LogP contribution in [0.15, 0.2) is 6.07 Å². The fourth-order valence-electron chi connectivity index (χ4n) is 5.33. The molecule has 6 nitrogen and oxygen atoms in total. The Bertz CT molecular complexity index is 743. The Kier molecular flexibility index (Phi) is 2.37. The van der Waals surface area contributed by atoms with Gasteiger partial charge in [-0.1, -0.05) is 6.92 Å². The van der Waals surface area contributed by atoms with Crippen molar-refractivity contribution in [2.24, 2.45) is 17.3 Å². The lowest BCUT2D eigenvalue weighted by Crippen LogP contribution is -2.69. The van der Waals surface area contributed by atoms with Crippen LogP contribution in [0.5, 0.6) is 17.2 Å². The zero-order valence-electron chi connectivity index (χ0n) is 12.9. The van der Waals surface area contributed by atoms with Gasteiger partial charge in [0.25, 0.3) is 0 Å². The van der Waals surface area contributed by atoms with E-state index in [-0.39, 0.29) is 46.5 Å². The summed E-state index contributed by atoms with van der Waals surface area (Å²) in [5.41, 5.74) is 0.0175. The van der Waals surface area contributed by atoms with E-state index in [4.69, 9.17) is 14.2 Å². The molecule has 7 rings (SSSR count). The van der Waals surface area contributed by atoms with Crippen molar-refractivity contribution >= 4 is 5.78 Å². The molecule has 6 aliphatic rings. The van der Waals surface area contributed by atoms with Gasteiger partial charge in [0.15, 0.2) is 23.6 Å². The van der Waals surface area contributed by atoms with Crippen LogP contribution in [0.2, 0.25) is 0 Å². The van der Waals surface area contributed by atoms with Crippen molar-refractivity contribution < 1.29 is 29.2 Å². The van der Waals surface area contributed by atoms with E-state index in [0.29, 0.717) is 5.56 Å². The Labute approximate surface area is 133 Å². The van der Waals surface area contributed by atoms with Crippen molar-refractivity contribution in [2.75, 3.05) is 7.11 Å². The van der Waals surface area contributed by atoms with Crippen LogP contribution in [-0.2, 0) is 9.47 Å². The summed E-state index contributed by atoms with van der Waals surface area (Å²) < 4.78 is 17.2. The van der Waals surface area contributed by atoms with Crippen LogP contribution >= 0.6 is 0 Å². The summed E-state index contributed by atoms with van der Waals surface area (Å²) in [6.07, 6.45) is 0.850. The Hall–Kier alpha value is -1.79. The number of carbonyl (C=O) groups excluding carboxylic acids is 1. The maximum atomic E-state index is 13.2. The van der Waals surface area contributed by atoms with Gasteiger partial charge >= 0.3 is 0 Å². The summed E-state index contributed by atoms with van der Waals surface area (Å²) in [6, 6.07) is 1.29. The highest BCUT2D eigenvalue weighted by Crippen LogP contribution is 2.69. The standard InChI is InChI=1S/C17H18O6/c1-17-9-4-3-6-12(17)14(20)10-7(18)5-8(21-2)13(19)11(10)15(17)23-16(6)22-9/h5-6,9,12,15-16,18-19H,3-4H2,1-2H3. The lowest BCUT2D eigenvalue weighted by Gasteiger charge is -2.66. The molecule has 4 aliphatic heterocycles. The number of aromatic hydroxyl groups is 2. The molecule has 6 atom stereocenters. The monoisotopic (exact) mass is 318 g/mol. The number of phenols is 2. The van der Waals surface area contributed by atoms with Gasteiger partial charge in [0, 0.05) is 28.9 Å². The molecule has 0 spiro atoms. The number of ether oxygens (including phenoxy) is 3. The first-order chi connectivity index (χ1) is 11.0. The van der Waals surface area contributed by atoms with Crippen molar-refractivity contribution in [3.05, 3.63) is 17.2 Å². The third-order valence-corrected chi connectivity index (χ3v) is 6.33. The minimum Gasteiger partial charge on any atom is -0.507 e. The molecule has 6 heteroatoms. The molecule has 23 heavy (non-hydrogen) atoms. The average Bonchev–Trinajstić information content (AvgIpc) is 2.53. The molecule has 4 saturated heterocycles. The lowest BCUT2D eigenvalue weighted by molar-refractivity contribution is -0.395. The molecule has 5 fully saturated rings. The van der Waals surface area contributed by atoms with Gasteiger partial charge in [0.05, 0.1) is 24.9 Å². The molecular weight excluding hydrogens is 300 g/mol. The fourth-order valence-corrected chi connectivity index (χ4v) is 5.33. The summed E-state index contributed by atoms with van der Waals surface area (Å²) in [5.74, 6) is -0.457. The van der Waals surface area contributed by atoms with Gasteiger partial charge in [-0.2, -0.15) is 0 Å². The molecule has 6 unspecified atom stereocenters. The summed E-state index contributed by atoms with van der Waals surface area (Å²) in [5, 5.41) is 20.9. The van der Waals surface area contributed by atoms with E-state index in [2.05, 4.69) is 0 Å². The summed E-state index contributed by atoms with van der Waals surface area (Å²) in [6.45, 7) is 2.01. The van der Waals surface area contributed by atoms with Crippen LogP contribution in [0.4, 0.5) is 0 Å². The second kappa shape index (κ2) is 3.99. The SMILES string of the molecule is COc1cc(O)c2c(c1O)C1OC3OC4CCC3C(C2=O)C41C. The van der Waals surface area contributed by atoms with Gasteiger partial charge in [-0.05, 0) is 12.8 Å². The summed E-state index contributed by atoms with van der Waals surface area (Å²) >= 11 is 0. The van der Waals surface area contributed by atoms with E-state index in [0.717, 1.165) is 12.8 Å². The minimum absolute atomic E-state index is 0.0190. The number of Topliss-reactive ketones (excluding diaryl/α,β-unsaturated/α-hetero) is 1. The number of ketones is 1. The number of hydrogen-bond acceptors (Lipinski definition) is 6. The molecule has 1 aromatic rings. The van der Waals surface area contributed by atoms with Gasteiger partial charge in [-0.15, -0.1) is 0 Å². The van der Waals surface area contributed by atoms with Crippen molar-refractivity contribution in [2.45, 2.75) is 38.3 Å². The number of rotatable bonds is 1. The lowest BCUT2D eigenvalue weighted by atomic mass is 9.49. The van der Waals surface area contributed by atoms with Gasteiger partial charge in [0.2, 0.25) is 0 Å². The van der Waals surface area contributed by atoms with Crippen LogP contribution in [0, 0.1) is 17.3 Å². The van der Waals surface area contributed by atoms with Crippen molar-refractivity contribution in [3.63, 3.8) is 0 Å². The first-order valence-electron chi connectivity index (χ1n) is 7.96. The van der Waals surface area contributed by atoms with E-state index in [1.54, 1.807) is 0 Å². The van der Waals surface area contributed by atoms with Gasteiger partial charge in [-0.3, -0.25) is 4.79 Å². The van der Waals surface area contributed by atoms with E-state index in [9.17, 15) is 15.0 Å². The Morgan fingerprint density at radius 2 is 2.09 bits per heavy atom. The minimum atomic E-state index is -0.516. The number of carbonyl (C=O) groups is 1. The Morgan fingerprint density at radius 3 is 2.83 bits per heavy atom. The molecule has 2 N–H and O–H groups in total. The number of phenolic OH excluding ortho intramolecular Hbond substituents is 2. The third-order valence-electron chi connectivity index (χ3n) is 6.33. The highest BCUT2D eigenvalue weighted by atomic mass is 16.7. The molecule has 6 bridgehead atoms. The highest BCUT2D eigenvalue weighted by Gasteiger charge is 2.70. The molecule has 4 heterocycles. The molecule has 1 aromatic carbocycles. The van der Waals surface area contributed by atoms with E-state index in [1.807, 2.05) is 6.92 Å². The summed E-state index contributed by atoms with van der Waals surface area (Å²) in [7, 11) is 1.41. The molecular formula is C17H18O6. The van der Waals surface area contributed by atoms with Crippen LogP contribution in [0.3, 0.4) is 0 Å². The van der Waals surface area contributed by atoms with Crippen LogP contribution in [0.1, 0.15) is 41.8 Å². The maximum absolute atomic E-state index is 13.2. The van der Waals surface area contributed by atoms with Crippen LogP contribution < -0.4 is 4.74 Å². The topological polar surface area (TPSA) is 85.2 Å². The Morgan fingerprint density at radius 1 is 1.30 bits per heavy atom. The van der Waals surface area contributed by atoms with Gasteiger partial charge in [0.1, 0.15) is 5.75 Å². The predicted octanol–water partition coefficient (Wildman–Crippen LogP) is 2.13. The number of methoxy groups -OCH3 is 1. The molecule has 0 aromatic heterocycles. The fraction of sp³-hybridized carbons (Fsp3) is 0.588. The van der Waals surface area contributed by atoms with Crippen LogP contribution in [-0.4, -0.2) is 35.5 Å². The highest BCUT2D eigenvalue weighted by molar-refractivity contribution is 6.05. The second-order valence-corrected chi connectivity index (χ2v) is 7.19. The third kappa shape index (κ3) is 1.32. The zero-order valence-corrected chi connectivity index (χ0v) is 12.9. The zero-order chi connectivity index (χ0) is 16.1. The second-order valence-electron chi connectivity index (χ2n) is 7.19. The van der Waals surface area contributed by atoms with Crippen LogP contribution in [0.25, 0.3) is 0 Å². The number of benzene rings is 1. The van der Waals surface area contributed by atoms with Crippen molar-refractivity contribution in [1.82, 2.24) is 0 Å². The first kappa shape index (κ1) is 13.6. The molecule has 122 valence electrons. The van der Waals surface area contributed by atoms with Crippen molar-refractivity contribution in [3.8, 4) is 17.2 Å². The maximum Gasteiger partial charge on any atom is 0.171 e. The molecule has 0 amide bonds. The smallest absolute Gasteiger partial charge is 0.171 e. The van der Waals surface area contributed by atoms with E-state index >= 15 is 0 Å². The Balaban J connectivity index is 1.82. The van der Waals surface area contributed by atoms with Gasteiger partial charge < -0.3 is 24.4 Å². The molecule has 2 aliphatic carbocycles. The molecule has 1 saturated carbocycles. The average molecular weight is 318 g/mol. The number of fused-ring (bicyclic) bond motifs is 2. The predicted molar refractivity (Wildman–Crippen MR) is 77.5 cm³/mol. The van der Waals surface area contributed by atoms with E-state index < -0.39 is 17.8 Å². The summed E-state index contributed by atoms with van der Waals surface area (Å²) in [4.78, 5) is 13.2. The number of hydrogen-bond donors (Lipinski definition) is 2. The first-order valence-corrected chi connectivity index (χ1v) is 7.96. The van der Waals surface area contributed by atoms with E-state index in [1.165, 1.54) is 13.2 Å². The van der Waals surface area contributed by atoms with Gasteiger partial charge in [-0.25, -0.2) is 0 Å².